The predicted molar refractivity (Wildman–Crippen MR) is 106 cm³/mol. The zero-order valence-electron chi connectivity index (χ0n) is 15.5. The fourth-order valence-electron chi connectivity index (χ4n) is 2.91. The Labute approximate surface area is 163 Å². The second-order valence-corrected chi connectivity index (χ2v) is 7.45. The summed E-state index contributed by atoms with van der Waals surface area (Å²) < 4.78 is 5.67. The number of hydrogen-bond acceptors (Lipinski definition) is 4. The molecule has 1 fully saturated rings. The van der Waals surface area contributed by atoms with Gasteiger partial charge in [-0.2, -0.15) is 0 Å². The molecule has 2 aromatic rings. The van der Waals surface area contributed by atoms with Crippen LogP contribution in [0.5, 0.6) is 0 Å². The van der Waals surface area contributed by atoms with Crippen LogP contribution in [0.15, 0.2) is 34.7 Å². The quantitative estimate of drug-likeness (QED) is 0.769. The maximum absolute atomic E-state index is 12.4. The van der Waals surface area contributed by atoms with Crippen molar-refractivity contribution in [2.75, 3.05) is 23.7 Å². The minimum absolute atomic E-state index is 0.116. The van der Waals surface area contributed by atoms with Gasteiger partial charge in [-0.1, -0.05) is 25.4 Å². The Balaban J connectivity index is 1.61. The second kappa shape index (κ2) is 8.59. The fourth-order valence-corrected chi connectivity index (χ4v) is 3.14. The van der Waals surface area contributed by atoms with E-state index in [2.05, 4.69) is 15.5 Å². The number of furan rings is 1. The van der Waals surface area contributed by atoms with E-state index >= 15 is 0 Å². The van der Waals surface area contributed by atoms with E-state index < -0.39 is 0 Å². The molecule has 0 atom stereocenters. The highest BCUT2D eigenvalue weighted by Gasteiger charge is 2.17. The Kier molecular flexibility index (Phi) is 6.19. The van der Waals surface area contributed by atoms with Crippen molar-refractivity contribution in [3.8, 4) is 0 Å². The van der Waals surface area contributed by atoms with Crippen LogP contribution in [0.2, 0.25) is 5.02 Å². The van der Waals surface area contributed by atoms with Crippen molar-refractivity contribution in [1.29, 1.82) is 0 Å². The van der Waals surface area contributed by atoms with Crippen LogP contribution in [0.4, 0.5) is 11.4 Å². The Bertz CT molecular complexity index is 826. The van der Waals surface area contributed by atoms with Crippen molar-refractivity contribution in [1.82, 2.24) is 4.90 Å². The number of anilines is 2. The summed E-state index contributed by atoms with van der Waals surface area (Å²) in [6.45, 7) is 6.47. The lowest BCUT2D eigenvalue weighted by Crippen LogP contribution is -2.18. The zero-order valence-corrected chi connectivity index (χ0v) is 16.3. The molecular formula is C20H24ClN3O3. The largest absolute Gasteiger partial charge is 0.455 e. The molecule has 0 bridgehead atoms. The third-order valence-electron chi connectivity index (χ3n) is 4.47. The predicted octanol–water partition coefficient (Wildman–Crippen LogP) is 4.38. The summed E-state index contributed by atoms with van der Waals surface area (Å²) >= 11 is 6.21. The topological polar surface area (TPSA) is 74.6 Å². The van der Waals surface area contributed by atoms with Crippen LogP contribution in [0.3, 0.4) is 0 Å². The van der Waals surface area contributed by atoms with Crippen LogP contribution in [0.1, 0.15) is 43.0 Å². The molecule has 0 unspecified atom stereocenters. The Hall–Kier alpha value is -2.31. The molecular weight excluding hydrogens is 366 g/mol. The Morgan fingerprint density at radius 3 is 2.56 bits per heavy atom. The first kappa shape index (κ1) is 19.5. The van der Waals surface area contributed by atoms with E-state index in [-0.39, 0.29) is 23.5 Å². The summed E-state index contributed by atoms with van der Waals surface area (Å²) in [4.78, 5) is 26.5. The molecule has 3 rings (SSSR count). The number of amides is 2. The number of carbonyl (C=O) groups is 2. The fraction of sp³-hybridized carbons (Fsp3) is 0.400. The molecule has 0 aliphatic carbocycles. The summed E-state index contributed by atoms with van der Waals surface area (Å²) in [5, 5.41) is 5.88. The van der Waals surface area contributed by atoms with E-state index in [1.165, 1.54) is 12.8 Å². The van der Waals surface area contributed by atoms with Gasteiger partial charge in [0, 0.05) is 11.6 Å². The van der Waals surface area contributed by atoms with Crippen LogP contribution in [0.25, 0.3) is 0 Å². The first-order valence-corrected chi connectivity index (χ1v) is 9.53. The number of hydrogen-bond donors (Lipinski definition) is 2. The average molecular weight is 390 g/mol. The number of likely N-dealkylation sites (tertiary alicyclic amines) is 1. The minimum atomic E-state index is -0.335. The molecule has 1 aliphatic heterocycles. The van der Waals surface area contributed by atoms with Gasteiger partial charge in [0.05, 0.1) is 17.3 Å². The highest BCUT2D eigenvalue weighted by molar-refractivity contribution is 6.34. The van der Waals surface area contributed by atoms with Gasteiger partial charge < -0.3 is 15.1 Å². The van der Waals surface area contributed by atoms with Gasteiger partial charge >= 0.3 is 0 Å². The SMILES string of the molecule is CC(C)C(=O)Nc1ccc(NC(=O)c2ccc(CN3CCCC3)o2)cc1Cl. The number of benzene rings is 1. The maximum Gasteiger partial charge on any atom is 0.291 e. The van der Waals surface area contributed by atoms with Gasteiger partial charge in [-0.3, -0.25) is 14.5 Å². The summed E-state index contributed by atoms with van der Waals surface area (Å²) in [7, 11) is 0. The van der Waals surface area contributed by atoms with Crippen LogP contribution in [-0.4, -0.2) is 29.8 Å². The lowest BCUT2D eigenvalue weighted by molar-refractivity contribution is -0.118. The molecule has 0 spiro atoms. The molecule has 1 aliphatic rings. The third-order valence-corrected chi connectivity index (χ3v) is 4.79. The van der Waals surface area contributed by atoms with E-state index in [1.54, 1.807) is 38.1 Å². The molecule has 6 nitrogen and oxygen atoms in total. The second-order valence-electron chi connectivity index (χ2n) is 7.04. The molecule has 2 amide bonds. The molecule has 2 heterocycles. The van der Waals surface area contributed by atoms with Crippen LogP contribution in [0, 0.1) is 5.92 Å². The minimum Gasteiger partial charge on any atom is -0.455 e. The lowest BCUT2D eigenvalue weighted by Gasteiger charge is -2.12. The summed E-state index contributed by atoms with van der Waals surface area (Å²) in [5.74, 6) is 0.450. The van der Waals surface area contributed by atoms with Gasteiger partial charge in [0.2, 0.25) is 5.91 Å². The third kappa shape index (κ3) is 5.11. The lowest BCUT2D eigenvalue weighted by atomic mass is 10.2. The highest BCUT2D eigenvalue weighted by Crippen LogP contribution is 2.26. The standard InChI is InChI=1S/C20H24ClN3O3/c1-13(2)19(25)23-17-7-5-14(11-16(17)21)22-20(26)18-8-6-15(27-18)12-24-9-3-4-10-24/h5-8,11,13H,3-4,9-10,12H2,1-2H3,(H,22,26)(H,23,25). The number of rotatable bonds is 6. The summed E-state index contributed by atoms with van der Waals surface area (Å²) in [6.07, 6.45) is 2.42. The Morgan fingerprint density at radius 1 is 1.15 bits per heavy atom. The Morgan fingerprint density at radius 2 is 1.89 bits per heavy atom. The smallest absolute Gasteiger partial charge is 0.291 e. The molecule has 1 aromatic carbocycles. The van der Waals surface area contributed by atoms with Crippen molar-refractivity contribution in [2.45, 2.75) is 33.2 Å². The first-order valence-electron chi connectivity index (χ1n) is 9.15. The van der Waals surface area contributed by atoms with Crippen molar-refractivity contribution < 1.29 is 14.0 Å². The van der Waals surface area contributed by atoms with Gasteiger partial charge in [0.25, 0.3) is 5.91 Å². The number of carbonyl (C=O) groups excluding carboxylic acids is 2. The normalized spacial score (nSPS) is 14.5. The average Bonchev–Trinajstić information content (AvgIpc) is 3.29. The number of nitrogens with one attached hydrogen (secondary N) is 2. The van der Waals surface area contributed by atoms with E-state index in [9.17, 15) is 9.59 Å². The van der Waals surface area contributed by atoms with E-state index in [0.29, 0.717) is 16.4 Å². The van der Waals surface area contributed by atoms with Gasteiger partial charge in [-0.15, -0.1) is 0 Å². The van der Waals surface area contributed by atoms with Crippen LogP contribution >= 0.6 is 11.6 Å². The zero-order chi connectivity index (χ0) is 19.4. The van der Waals surface area contributed by atoms with Crippen molar-refractivity contribution in [2.24, 2.45) is 5.92 Å². The van der Waals surface area contributed by atoms with E-state index in [0.717, 1.165) is 25.4 Å². The molecule has 1 saturated heterocycles. The highest BCUT2D eigenvalue weighted by atomic mass is 35.5. The monoisotopic (exact) mass is 389 g/mol. The van der Waals surface area contributed by atoms with E-state index in [4.69, 9.17) is 16.0 Å². The summed E-state index contributed by atoms with van der Waals surface area (Å²) in [6, 6.07) is 8.47. The van der Waals surface area contributed by atoms with E-state index in [1.807, 2.05) is 6.07 Å². The van der Waals surface area contributed by atoms with Crippen LogP contribution < -0.4 is 10.6 Å². The van der Waals surface area contributed by atoms with Crippen molar-refractivity contribution >= 4 is 34.8 Å². The van der Waals surface area contributed by atoms with Gasteiger partial charge in [-0.25, -0.2) is 0 Å². The van der Waals surface area contributed by atoms with Crippen molar-refractivity contribution in [3.63, 3.8) is 0 Å². The molecule has 1 aromatic heterocycles. The van der Waals surface area contributed by atoms with Crippen LogP contribution in [-0.2, 0) is 11.3 Å². The molecule has 144 valence electrons. The van der Waals surface area contributed by atoms with Gasteiger partial charge in [0.1, 0.15) is 5.76 Å². The van der Waals surface area contributed by atoms with Gasteiger partial charge in [-0.05, 0) is 56.3 Å². The molecule has 27 heavy (non-hydrogen) atoms. The first-order chi connectivity index (χ1) is 12.9. The van der Waals surface area contributed by atoms with Crippen molar-refractivity contribution in [3.05, 3.63) is 46.9 Å². The molecule has 0 radical (unpaired) electrons. The maximum atomic E-state index is 12.4. The van der Waals surface area contributed by atoms with Gasteiger partial charge in [0.15, 0.2) is 5.76 Å². The molecule has 0 saturated carbocycles. The molecule has 7 heteroatoms. The summed E-state index contributed by atoms with van der Waals surface area (Å²) in [5.41, 5.74) is 1.05. The molecule has 2 N–H and O–H groups in total. The number of nitrogens with zero attached hydrogens (tertiary/aromatic N) is 1. The number of halogens is 1.